The summed E-state index contributed by atoms with van der Waals surface area (Å²) in [5, 5.41) is 0. The lowest BCUT2D eigenvalue weighted by Gasteiger charge is -2.36. The molecule has 0 N–H and O–H groups in total. The molecule has 0 spiro atoms. The summed E-state index contributed by atoms with van der Waals surface area (Å²) in [6.45, 7) is 11.5. The standard InChI is InChI=1S/C15H27NO3/c1-6-19-14(18)12(15(3,4)5)13(17)16-9-7-11(2)8-10-16/h11-12H,6-10H2,1-5H3. The summed E-state index contributed by atoms with van der Waals surface area (Å²) in [4.78, 5) is 26.5. The molecule has 0 aromatic rings. The molecule has 110 valence electrons. The normalized spacial score (nSPS) is 19.1. The van der Waals surface area contributed by atoms with Gasteiger partial charge in [-0.15, -0.1) is 0 Å². The van der Waals surface area contributed by atoms with Gasteiger partial charge >= 0.3 is 5.97 Å². The van der Waals surface area contributed by atoms with Crippen LogP contribution in [-0.2, 0) is 14.3 Å². The van der Waals surface area contributed by atoms with Gasteiger partial charge in [0.05, 0.1) is 6.61 Å². The van der Waals surface area contributed by atoms with Crippen LogP contribution < -0.4 is 0 Å². The van der Waals surface area contributed by atoms with E-state index in [4.69, 9.17) is 4.74 Å². The number of likely N-dealkylation sites (tertiary alicyclic amines) is 1. The van der Waals surface area contributed by atoms with Gasteiger partial charge in [0, 0.05) is 13.1 Å². The molecular weight excluding hydrogens is 242 g/mol. The molecule has 4 nitrogen and oxygen atoms in total. The average molecular weight is 269 g/mol. The van der Waals surface area contributed by atoms with Gasteiger partial charge in [-0.3, -0.25) is 9.59 Å². The van der Waals surface area contributed by atoms with Gasteiger partial charge in [0.1, 0.15) is 5.92 Å². The third kappa shape index (κ3) is 4.22. The van der Waals surface area contributed by atoms with Crippen molar-refractivity contribution in [3.8, 4) is 0 Å². The molecule has 1 aliphatic rings. The topological polar surface area (TPSA) is 46.6 Å². The first kappa shape index (κ1) is 16.0. The van der Waals surface area contributed by atoms with E-state index in [0.29, 0.717) is 12.5 Å². The third-order valence-electron chi connectivity index (χ3n) is 3.73. The highest BCUT2D eigenvalue weighted by Crippen LogP contribution is 2.30. The molecular formula is C15H27NO3. The molecule has 1 amide bonds. The molecule has 4 heteroatoms. The lowest BCUT2D eigenvalue weighted by molar-refractivity contribution is -0.161. The van der Waals surface area contributed by atoms with Gasteiger partial charge in [-0.1, -0.05) is 27.7 Å². The Morgan fingerprint density at radius 1 is 1.26 bits per heavy atom. The van der Waals surface area contributed by atoms with E-state index in [-0.39, 0.29) is 5.91 Å². The Balaban J connectivity index is 2.80. The Morgan fingerprint density at radius 3 is 2.21 bits per heavy atom. The van der Waals surface area contributed by atoms with E-state index in [1.165, 1.54) is 0 Å². The average Bonchev–Trinajstić information content (AvgIpc) is 2.28. The van der Waals surface area contributed by atoms with Crippen LogP contribution in [0.3, 0.4) is 0 Å². The SMILES string of the molecule is CCOC(=O)C(C(=O)N1CCC(C)CC1)C(C)(C)C. The van der Waals surface area contributed by atoms with Crippen molar-refractivity contribution in [2.75, 3.05) is 19.7 Å². The van der Waals surface area contributed by atoms with Crippen LogP contribution in [0.4, 0.5) is 0 Å². The number of nitrogens with zero attached hydrogens (tertiary/aromatic N) is 1. The van der Waals surface area contributed by atoms with Crippen molar-refractivity contribution in [2.24, 2.45) is 17.3 Å². The van der Waals surface area contributed by atoms with Crippen LogP contribution in [0, 0.1) is 17.3 Å². The summed E-state index contributed by atoms with van der Waals surface area (Å²) in [5.41, 5.74) is -0.410. The molecule has 1 unspecified atom stereocenters. The monoisotopic (exact) mass is 269 g/mol. The van der Waals surface area contributed by atoms with Gasteiger partial charge in [0.25, 0.3) is 0 Å². The van der Waals surface area contributed by atoms with Crippen LogP contribution in [0.5, 0.6) is 0 Å². The minimum atomic E-state index is -0.694. The first-order valence-electron chi connectivity index (χ1n) is 7.22. The van der Waals surface area contributed by atoms with Crippen LogP contribution >= 0.6 is 0 Å². The van der Waals surface area contributed by atoms with Crippen LogP contribution in [0.15, 0.2) is 0 Å². The van der Waals surface area contributed by atoms with Gasteiger partial charge < -0.3 is 9.64 Å². The van der Waals surface area contributed by atoms with Crippen LogP contribution in [0.1, 0.15) is 47.5 Å². The molecule has 1 rings (SSSR count). The number of ether oxygens (including phenoxy) is 1. The molecule has 1 aliphatic heterocycles. The minimum Gasteiger partial charge on any atom is -0.465 e. The van der Waals surface area contributed by atoms with Crippen molar-refractivity contribution < 1.29 is 14.3 Å². The molecule has 1 fully saturated rings. The smallest absolute Gasteiger partial charge is 0.319 e. The summed E-state index contributed by atoms with van der Waals surface area (Å²) >= 11 is 0. The Kier molecular flexibility index (Phi) is 5.39. The summed E-state index contributed by atoms with van der Waals surface area (Å²) in [6.07, 6.45) is 2.04. The molecule has 0 radical (unpaired) electrons. The summed E-state index contributed by atoms with van der Waals surface area (Å²) in [6, 6.07) is 0. The molecule has 19 heavy (non-hydrogen) atoms. The second-order valence-corrected chi connectivity index (χ2v) is 6.56. The number of carbonyl (C=O) groups is 2. The van der Waals surface area contributed by atoms with Gasteiger partial charge in [0.2, 0.25) is 5.91 Å². The van der Waals surface area contributed by atoms with Gasteiger partial charge in [0.15, 0.2) is 0 Å². The van der Waals surface area contributed by atoms with Gasteiger partial charge in [-0.2, -0.15) is 0 Å². The Morgan fingerprint density at radius 2 is 1.79 bits per heavy atom. The van der Waals surface area contributed by atoms with Crippen molar-refractivity contribution in [2.45, 2.75) is 47.5 Å². The predicted octanol–water partition coefficient (Wildman–Crippen LogP) is 2.47. The first-order valence-corrected chi connectivity index (χ1v) is 7.22. The van der Waals surface area contributed by atoms with Gasteiger partial charge in [-0.25, -0.2) is 0 Å². The minimum absolute atomic E-state index is 0.0714. The Hall–Kier alpha value is -1.06. The second-order valence-electron chi connectivity index (χ2n) is 6.56. The van der Waals surface area contributed by atoms with E-state index in [1.807, 2.05) is 25.7 Å². The molecule has 0 aromatic carbocycles. The lowest BCUT2D eigenvalue weighted by atomic mass is 9.79. The highest BCUT2D eigenvalue weighted by atomic mass is 16.5. The molecule has 1 saturated heterocycles. The maximum atomic E-state index is 12.6. The van der Waals surface area contributed by atoms with E-state index < -0.39 is 17.3 Å². The van der Waals surface area contributed by atoms with E-state index in [2.05, 4.69) is 6.92 Å². The lowest BCUT2D eigenvalue weighted by Crippen LogP contribution is -2.48. The zero-order valence-corrected chi connectivity index (χ0v) is 12.9. The fraction of sp³-hybridized carbons (Fsp3) is 0.867. The molecule has 0 saturated carbocycles. The first-order chi connectivity index (χ1) is 8.77. The van der Waals surface area contributed by atoms with Crippen LogP contribution in [-0.4, -0.2) is 36.5 Å². The van der Waals surface area contributed by atoms with E-state index in [9.17, 15) is 9.59 Å². The largest absolute Gasteiger partial charge is 0.465 e. The molecule has 1 heterocycles. The number of hydrogen-bond donors (Lipinski definition) is 0. The summed E-state index contributed by atoms with van der Waals surface area (Å²) in [5.74, 6) is -0.489. The Bertz CT molecular complexity index is 325. The summed E-state index contributed by atoms with van der Waals surface area (Å²) < 4.78 is 5.08. The van der Waals surface area contributed by atoms with Crippen LogP contribution in [0.25, 0.3) is 0 Å². The fourth-order valence-corrected chi connectivity index (χ4v) is 2.46. The maximum absolute atomic E-state index is 12.6. The number of piperidine rings is 1. The van der Waals surface area contributed by atoms with Crippen LogP contribution in [0.2, 0.25) is 0 Å². The summed E-state index contributed by atoms with van der Waals surface area (Å²) in [7, 11) is 0. The van der Waals surface area contributed by atoms with Crippen molar-refractivity contribution >= 4 is 11.9 Å². The zero-order valence-electron chi connectivity index (χ0n) is 12.9. The highest BCUT2D eigenvalue weighted by Gasteiger charge is 2.41. The second kappa shape index (κ2) is 6.40. The van der Waals surface area contributed by atoms with Gasteiger partial charge in [-0.05, 0) is 31.1 Å². The van der Waals surface area contributed by atoms with Crippen molar-refractivity contribution in [3.63, 3.8) is 0 Å². The van der Waals surface area contributed by atoms with Crippen molar-refractivity contribution in [1.82, 2.24) is 4.90 Å². The van der Waals surface area contributed by atoms with E-state index >= 15 is 0 Å². The zero-order chi connectivity index (χ0) is 14.6. The van der Waals surface area contributed by atoms with E-state index in [0.717, 1.165) is 25.9 Å². The van der Waals surface area contributed by atoms with Crippen molar-refractivity contribution in [3.05, 3.63) is 0 Å². The number of rotatable bonds is 3. The molecule has 0 aliphatic carbocycles. The quantitative estimate of drug-likeness (QED) is 0.584. The predicted molar refractivity (Wildman–Crippen MR) is 74.6 cm³/mol. The van der Waals surface area contributed by atoms with Crippen molar-refractivity contribution in [1.29, 1.82) is 0 Å². The fourth-order valence-electron chi connectivity index (χ4n) is 2.46. The molecule has 0 bridgehead atoms. The molecule has 0 aromatic heterocycles. The van der Waals surface area contributed by atoms with E-state index in [1.54, 1.807) is 6.92 Å². The number of amides is 1. The maximum Gasteiger partial charge on any atom is 0.319 e. The number of esters is 1. The Labute approximate surface area is 116 Å². The molecule has 1 atom stereocenters. The third-order valence-corrected chi connectivity index (χ3v) is 3.73. The highest BCUT2D eigenvalue weighted by molar-refractivity contribution is 5.98. The number of carbonyl (C=O) groups excluding carboxylic acids is 2. The number of hydrogen-bond acceptors (Lipinski definition) is 3.